The molecule has 2 atom stereocenters. The molecule has 2 aliphatic rings. The molecular formula is C15H19N3O6. The highest BCUT2D eigenvalue weighted by Crippen LogP contribution is 2.68. The molecule has 0 unspecified atom stereocenters. The van der Waals surface area contributed by atoms with Crippen LogP contribution in [0.5, 0.6) is 0 Å². The molecular weight excluding hydrogens is 318 g/mol. The SMILES string of the molecule is CCc1cc(N2C[C@@]3(C(=O)O)C[C@@]3(C(=O)O)C2)nc(C)n1.O=CO. The van der Waals surface area contributed by atoms with Crippen LogP contribution in [0.1, 0.15) is 24.9 Å². The van der Waals surface area contributed by atoms with Gasteiger partial charge in [0, 0.05) is 24.8 Å². The Bertz CT molecular complexity index is 666. The minimum atomic E-state index is -1.18. The van der Waals surface area contributed by atoms with E-state index in [1.165, 1.54) is 0 Å². The second kappa shape index (κ2) is 6.06. The molecule has 2 fully saturated rings. The molecule has 0 amide bonds. The summed E-state index contributed by atoms with van der Waals surface area (Å²) in [5.41, 5.74) is -1.49. The first-order valence-electron chi connectivity index (χ1n) is 7.40. The fraction of sp³-hybridized carbons (Fsp3) is 0.533. The van der Waals surface area contributed by atoms with Gasteiger partial charge in [0.1, 0.15) is 22.5 Å². The van der Waals surface area contributed by atoms with Gasteiger partial charge >= 0.3 is 11.9 Å². The van der Waals surface area contributed by atoms with Crippen molar-refractivity contribution in [2.24, 2.45) is 10.8 Å². The Morgan fingerprint density at radius 2 is 1.75 bits per heavy atom. The van der Waals surface area contributed by atoms with E-state index in [9.17, 15) is 19.8 Å². The molecule has 130 valence electrons. The van der Waals surface area contributed by atoms with Crippen molar-refractivity contribution in [1.29, 1.82) is 0 Å². The summed E-state index contributed by atoms with van der Waals surface area (Å²) in [6.07, 6.45) is 0.949. The lowest BCUT2D eigenvalue weighted by molar-refractivity contribution is -0.151. The number of carboxylic acid groups (broad SMARTS) is 3. The minimum absolute atomic E-state index is 0.189. The smallest absolute Gasteiger partial charge is 0.312 e. The topological polar surface area (TPSA) is 141 Å². The van der Waals surface area contributed by atoms with Crippen molar-refractivity contribution in [2.45, 2.75) is 26.7 Å². The molecule has 1 aliphatic heterocycles. The zero-order chi connectivity index (χ0) is 18.1. The van der Waals surface area contributed by atoms with Gasteiger partial charge in [-0.15, -0.1) is 0 Å². The number of hydrogen-bond acceptors (Lipinski definition) is 6. The molecule has 2 heterocycles. The number of rotatable bonds is 4. The molecule has 1 saturated heterocycles. The van der Waals surface area contributed by atoms with Gasteiger partial charge in [-0.2, -0.15) is 0 Å². The van der Waals surface area contributed by atoms with Crippen molar-refractivity contribution in [3.8, 4) is 0 Å². The number of anilines is 1. The van der Waals surface area contributed by atoms with Crippen LogP contribution in [0.2, 0.25) is 0 Å². The van der Waals surface area contributed by atoms with Crippen LogP contribution < -0.4 is 4.90 Å². The Morgan fingerprint density at radius 1 is 1.25 bits per heavy atom. The molecule has 9 nitrogen and oxygen atoms in total. The van der Waals surface area contributed by atoms with Gasteiger partial charge in [-0.05, 0) is 19.8 Å². The van der Waals surface area contributed by atoms with E-state index < -0.39 is 22.8 Å². The molecule has 3 N–H and O–H groups in total. The summed E-state index contributed by atoms with van der Waals surface area (Å²) in [5.74, 6) is -0.839. The molecule has 0 aromatic carbocycles. The first-order chi connectivity index (χ1) is 11.3. The lowest BCUT2D eigenvalue weighted by atomic mass is 9.97. The van der Waals surface area contributed by atoms with Gasteiger partial charge in [0.15, 0.2) is 0 Å². The van der Waals surface area contributed by atoms with E-state index >= 15 is 0 Å². The number of aromatic nitrogens is 2. The van der Waals surface area contributed by atoms with Crippen molar-refractivity contribution < 1.29 is 29.7 Å². The Morgan fingerprint density at radius 3 is 2.17 bits per heavy atom. The van der Waals surface area contributed by atoms with E-state index in [2.05, 4.69) is 9.97 Å². The fourth-order valence-corrected chi connectivity index (χ4v) is 3.41. The summed E-state index contributed by atoms with van der Waals surface area (Å²) in [5, 5.41) is 25.7. The third-order valence-electron chi connectivity index (χ3n) is 4.70. The van der Waals surface area contributed by atoms with E-state index in [1.807, 2.05) is 13.0 Å². The van der Waals surface area contributed by atoms with Gasteiger partial charge in [-0.1, -0.05) is 6.92 Å². The fourth-order valence-electron chi connectivity index (χ4n) is 3.41. The molecule has 24 heavy (non-hydrogen) atoms. The zero-order valence-corrected chi connectivity index (χ0v) is 13.4. The molecule has 0 radical (unpaired) electrons. The summed E-state index contributed by atoms with van der Waals surface area (Å²) in [7, 11) is 0. The quantitative estimate of drug-likeness (QED) is 0.666. The Balaban J connectivity index is 0.000000647. The van der Waals surface area contributed by atoms with Gasteiger partial charge in [-0.3, -0.25) is 14.4 Å². The predicted octanol–water partition coefficient (Wildman–Crippen LogP) is 0.414. The summed E-state index contributed by atoms with van der Waals surface area (Å²) in [6.45, 7) is 3.88. The largest absolute Gasteiger partial charge is 0.483 e. The highest BCUT2D eigenvalue weighted by Gasteiger charge is 2.81. The van der Waals surface area contributed by atoms with Crippen molar-refractivity contribution >= 4 is 24.2 Å². The summed E-state index contributed by atoms with van der Waals surface area (Å²) < 4.78 is 0. The van der Waals surface area contributed by atoms with Crippen molar-refractivity contribution in [1.82, 2.24) is 9.97 Å². The maximum atomic E-state index is 11.5. The molecule has 9 heteroatoms. The number of aliphatic carboxylic acids is 2. The number of piperidine rings is 1. The van der Waals surface area contributed by atoms with Crippen molar-refractivity contribution in [2.75, 3.05) is 18.0 Å². The van der Waals surface area contributed by atoms with Crippen LogP contribution >= 0.6 is 0 Å². The van der Waals surface area contributed by atoms with Crippen LogP contribution in [0.25, 0.3) is 0 Å². The maximum Gasteiger partial charge on any atom is 0.312 e. The van der Waals surface area contributed by atoms with Crippen LogP contribution in [0.3, 0.4) is 0 Å². The third kappa shape index (κ3) is 2.55. The lowest BCUT2D eigenvalue weighted by Crippen LogP contribution is -2.29. The molecule has 1 aromatic heterocycles. The molecule has 1 aromatic rings. The highest BCUT2D eigenvalue weighted by molar-refractivity contribution is 5.95. The normalized spacial score (nSPS) is 26.8. The molecule has 0 spiro atoms. The molecule has 1 saturated carbocycles. The van der Waals surface area contributed by atoms with E-state index in [0.717, 1.165) is 12.1 Å². The Labute approximate surface area is 138 Å². The standard InChI is InChI=1S/C14H17N3O4.CH2O2/c1-3-9-4-10(16-8(2)15-9)17-6-13(11(18)19)5-14(13,7-17)12(20)21;2-1-3/h4H,3,5-7H2,1-2H3,(H,18,19)(H,20,21);1H,(H,2,3)/t13-,14+;. The number of nitrogens with zero attached hydrogens (tertiary/aromatic N) is 3. The summed E-state index contributed by atoms with van der Waals surface area (Å²) >= 11 is 0. The Hall–Kier alpha value is -2.71. The predicted molar refractivity (Wildman–Crippen MR) is 81.8 cm³/mol. The second-order valence-electron chi connectivity index (χ2n) is 6.03. The lowest BCUT2D eigenvalue weighted by Gasteiger charge is -2.21. The van der Waals surface area contributed by atoms with Gasteiger partial charge in [-0.25, -0.2) is 9.97 Å². The number of fused-ring (bicyclic) bond motifs is 1. The maximum absolute atomic E-state index is 11.5. The number of aryl methyl sites for hydroxylation is 2. The van der Waals surface area contributed by atoms with E-state index in [0.29, 0.717) is 11.6 Å². The van der Waals surface area contributed by atoms with Crippen LogP contribution in [0, 0.1) is 17.8 Å². The highest BCUT2D eigenvalue weighted by atomic mass is 16.4. The van der Waals surface area contributed by atoms with Crippen molar-refractivity contribution in [3.05, 3.63) is 17.6 Å². The second-order valence-corrected chi connectivity index (χ2v) is 6.03. The number of hydrogen-bond donors (Lipinski definition) is 3. The van der Waals surface area contributed by atoms with Gasteiger partial charge in [0.05, 0.1) is 0 Å². The summed E-state index contributed by atoms with van der Waals surface area (Å²) in [6, 6.07) is 1.81. The van der Waals surface area contributed by atoms with Crippen LogP contribution in [-0.4, -0.2) is 56.8 Å². The van der Waals surface area contributed by atoms with Crippen molar-refractivity contribution in [3.63, 3.8) is 0 Å². The monoisotopic (exact) mass is 337 g/mol. The van der Waals surface area contributed by atoms with E-state index in [-0.39, 0.29) is 26.0 Å². The van der Waals surface area contributed by atoms with Crippen LogP contribution in [0.4, 0.5) is 5.82 Å². The number of carboxylic acids is 2. The first-order valence-corrected chi connectivity index (χ1v) is 7.40. The first kappa shape index (κ1) is 17.6. The number of carbonyl (C=O) groups is 3. The van der Waals surface area contributed by atoms with Crippen LogP contribution in [-0.2, 0) is 20.8 Å². The average Bonchev–Trinajstić information content (AvgIpc) is 3.06. The minimum Gasteiger partial charge on any atom is -0.483 e. The molecule has 1 aliphatic carbocycles. The zero-order valence-electron chi connectivity index (χ0n) is 13.4. The van der Waals surface area contributed by atoms with Gasteiger partial charge < -0.3 is 20.2 Å². The molecule has 3 rings (SSSR count). The third-order valence-corrected chi connectivity index (χ3v) is 4.70. The van der Waals surface area contributed by atoms with E-state index in [4.69, 9.17) is 9.90 Å². The molecule has 0 bridgehead atoms. The summed E-state index contributed by atoms with van der Waals surface area (Å²) in [4.78, 5) is 41.8. The van der Waals surface area contributed by atoms with Gasteiger partial charge in [0.25, 0.3) is 6.47 Å². The van der Waals surface area contributed by atoms with Gasteiger partial charge in [0.2, 0.25) is 0 Å². The van der Waals surface area contributed by atoms with E-state index in [1.54, 1.807) is 11.8 Å². The van der Waals surface area contributed by atoms with Crippen LogP contribution in [0.15, 0.2) is 6.07 Å². The Kier molecular flexibility index (Phi) is 4.46. The average molecular weight is 337 g/mol.